The van der Waals surface area contributed by atoms with Gasteiger partial charge in [-0.25, -0.2) is 0 Å². The summed E-state index contributed by atoms with van der Waals surface area (Å²) in [6.07, 6.45) is 1.04. The van der Waals surface area contributed by atoms with Gasteiger partial charge in [-0.05, 0) is 47.2 Å². The first-order valence-electron chi connectivity index (χ1n) is 4.38. The van der Waals surface area contributed by atoms with Crippen LogP contribution in [0.4, 0.5) is 5.69 Å². The van der Waals surface area contributed by atoms with Crippen LogP contribution in [0.1, 0.15) is 13.3 Å². The highest BCUT2D eigenvalue weighted by Crippen LogP contribution is 2.25. The predicted octanol–water partition coefficient (Wildman–Crippen LogP) is 3.12. The maximum Gasteiger partial charge on any atom is 0.142 e. The topological polar surface area (TPSA) is 21.3 Å². The fraction of sp³-hybridized carbons (Fsp3) is 0.400. The summed E-state index contributed by atoms with van der Waals surface area (Å²) in [4.78, 5) is 0. The van der Waals surface area contributed by atoms with Crippen molar-refractivity contribution in [2.24, 2.45) is 0 Å². The van der Waals surface area contributed by atoms with Crippen molar-refractivity contribution < 1.29 is 4.74 Å². The molecule has 0 unspecified atom stereocenters. The van der Waals surface area contributed by atoms with E-state index >= 15 is 0 Å². The lowest BCUT2D eigenvalue weighted by Gasteiger charge is -2.10. The number of anilines is 1. The SMILES string of the molecule is CCCOc1ccc(I)cc1NC. The standard InChI is InChI=1S/C10H14INO/c1-3-6-13-10-5-4-8(11)7-9(10)12-2/h4-5,7,12H,3,6H2,1-2H3. The Morgan fingerprint density at radius 1 is 1.46 bits per heavy atom. The van der Waals surface area contributed by atoms with Crippen molar-refractivity contribution >= 4 is 28.3 Å². The molecule has 72 valence electrons. The van der Waals surface area contributed by atoms with Crippen LogP contribution < -0.4 is 10.1 Å². The van der Waals surface area contributed by atoms with Gasteiger partial charge in [-0.15, -0.1) is 0 Å². The van der Waals surface area contributed by atoms with Crippen LogP contribution >= 0.6 is 22.6 Å². The highest BCUT2D eigenvalue weighted by atomic mass is 127. The van der Waals surface area contributed by atoms with Gasteiger partial charge in [0.05, 0.1) is 12.3 Å². The molecule has 3 heteroatoms. The van der Waals surface area contributed by atoms with Crippen LogP contribution in [-0.4, -0.2) is 13.7 Å². The van der Waals surface area contributed by atoms with Crippen LogP contribution in [0.5, 0.6) is 5.75 Å². The van der Waals surface area contributed by atoms with Gasteiger partial charge in [0.15, 0.2) is 0 Å². The minimum atomic E-state index is 0.773. The molecule has 13 heavy (non-hydrogen) atoms. The first kappa shape index (κ1) is 10.6. The molecule has 0 aliphatic rings. The molecule has 0 heterocycles. The van der Waals surface area contributed by atoms with Crippen LogP contribution in [-0.2, 0) is 0 Å². The number of halogens is 1. The third kappa shape index (κ3) is 3.06. The molecule has 0 fully saturated rings. The molecule has 1 aromatic carbocycles. The quantitative estimate of drug-likeness (QED) is 0.861. The highest BCUT2D eigenvalue weighted by Gasteiger charge is 2.01. The second kappa shape index (κ2) is 5.32. The number of nitrogens with one attached hydrogen (secondary N) is 1. The fourth-order valence-corrected chi connectivity index (χ4v) is 1.53. The van der Waals surface area contributed by atoms with Gasteiger partial charge in [0.2, 0.25) is 0 Å². The highest BCUT2D eigenvalue weighted by molar-refractivity contribution is 14.1. The average molecular weight is 291 g/mol. The Hall–Kier alpha value is -0.450. The Bertz CT molecular complexity index is 276. The summed E-state index contributed by atoms with van der Waals surface area (Å²) in [5.41, 5.74) is 1.06. The van der Waals surface area contributed by atoms with E-state index in [9.17, 15) is 0 Å². The molecule has 0 radical (unpaired) electrons. The molecule has 0 aromatic heterocycles. The summed E-state index contributed by atoms with van der Waals surface area (Å²) in [7, 11) is 1.91. The zero-order chi connectivity index (χ0) is 9.68. The predicted molar refractivity (Wildman–Crippen MR) is 64.5 cm³/mol. The molecule has 0 aliphatic carbocycles. The van der Waals surface area contributed by atoms with Gasteiger partial charge in [0.25, 0.3) is 0 Å². The number of ether oxygens (including phenoxy) is 1. The zero-order valence-electron chi connectivity index (χ0n) is 7.93. The Morgan fingerprint density at radius 2 is 2.23 bits per heavy atom. The number of hydrogen-bond acceptors (Lipinski definition) is 2. The minimum Gasteiger partial charge on any atom is -0.491 e. The van der Waals surface area contributed by atoms with Crippen LogP contribution in [0.15, 0.2) is 18.2 Å². The molecule has 0 bridgehead atoms. The van der Waals surface area contributed by atoms with Gasteiger partial charge in [-0.3, -0.25) is 0 Å². The Morgan fingerprint density at radius 3 is 2.85 bits per heavy atom. The van der Waals surface area contributed by atoms with Crippen molar-refractivity contribution in [3.05, 3.63) is 21.8 Å². The van der Waals surface area contributed by atoms with E-state index in [0.717, 1.165) is 24.5 Å². The van der Waals surface area contributed by atoms with E-state index in [2.05, 4.69) is 40.9 Å². The molecular weight excluding hydrogens is 277 g/mol. The van der Waals surface area contributed by atoms with Crippen molar-refractivity contribution in [1.29, 1.82) is 0 Å². The van der Waals surface area contributed by atoms with E-state index in [-0.39, 0.29) is 0 Å². The molecule has 0 aliphatic heterocycles. The lowest BCUT2D eigenvalue weighted by atomic mass is 10.3. The molecular formula is C10H14INO. The number of benzene rings is 1. The monoisotopic (exact) mass is 291 g/mol. The molecule has 1 rings (SSSR count). The van der Waals surface area contributed by atoms with Gasteiger partial charge in [-0.2, -0.15) is 0 Å². The maximum absolute atomic E-state index is 5.57. The first-order valence-corrected chi connectivity index (χ1v) is 5.46. The van der Waals surface area contributed by atoms with Crippen molar-refractivity contribution in [2.75, 3.05) is 19.0 Å². The summed E-state index contributed by atoms with van der Waals surface area (Å²) in [6.45, 7) is 2.88. The maximum atomic E-state index is 5.57. The lowest BCUT2D eigenvalue weighted by molar-refractivity contribution is 0.319. The summed E-state index contributed by atoms with van der Waals surface area (Å²) < 4.78 is 6.78. The molecule has 0 atom stereocenters. The third-order valence-electron chi connectivity index (χ3n) is 1.67. The van der Waals surface area contributed by atoms with Crippen molar-refractivity contribution in [2.45, 2.75) is 13.3 Å². The first-order chi connectivity index (χ1) is 6.27. The Balaban J connectivity index is 2.79. The Kier molecular flexibility index (Phi) is 4.35. The smallest absolute Gasteiger partial charge is 0.142 e. The van der Waals surface area contributed by atoms with Crippen molar-refractivity contribution in [3.8, 4) is 5.75 Å². The van der Waals surface area contributed by atoms with Gasteiger partial charge < -0.3 is 10.1 Å². The van der Waals surface area contributed by atoms with Gasteiger partial charge >= 0.3 is 0 Å². The number of rotatable bonds is 4. The molecule has 0 spiro atoms. The fourth-order valence-electron chi connectivity index (χ4n) is 1.04. The number of hydrogen-bond donors (Lipinski definition) is 1. The van der Waals surface area contributed by atoms with Crippen LogP contribution in [0.2, 0.25) is 0 Å². The van der Waals surface area contributed by atoms with Crippen molar-refractivity contribution in [3.63, 3.8) is 0 Å². The molecule has 0 saturated carbocycles. The van der Waals surface area contributed by atoms with Gasteiger partial charge in [-0.1, -0.05) is 6.92 Å². The normalized spacial score (nSPS) is 9.77. The van der Waals surface area contributed by atoms with Crippen LogP contribution in [0.25, 0.3) is 0 Å². The summed E-state index contributed by atoms with van der Waals surface area (Å²) in [5.74, 6) is 0.935. The molecule has 2 nitrogen and oxygen atoms in total. The molecule has 1 aromatic rings. The minimum absolute atomic E-state index is 0.773. The van der Waals surface area contributed by atoms with Crippen LogP contribution in [0.3, 0.4) is 0 Å². The summed E-state index contributed by atoms with van der Waals surface area (Å²) >= 11 is 2.29. The van der Waals surface area contributed by atoms with E-state index in [0.29, 0.717) is 0 Å². The largest absolute Gasteiger partial charge is 0.491 e. The molecule has 0 saturated heterocycles. The van der Waals surface area contributed by atoms with E-state index < -0.39 is 0 Å². The zero-order valence-corrected chi connectivity index (χ0v) is 10.1. The van der Waals surface area contributed by atoms with E-state index in [1.807, 2.05) is 19.2 Å². The summed E-state index contributed by atoms with van der Waals surface area (Å²) in [6, 6.07) is 6.13. The second-order valence-corrected chi connectivity index (χ2v) is 3.98. The third-order valence-corrected chi connectivity index (χ3v) is 2.34. The molecule has 0 amide bonds. The lowest BCUT2D eigenvalue weighted by Crippen LogP contribution is -1.99. The van der Waals surface area contributed by atoms with E-state index in [1.165, 1.54) is 3.57 Å². The second-order valence-electron chi connectivity index (χ2n) is 2.74. The van der Waals surface area contributed by atoms with Crippen LogP contribution in [0, 0.1) is 3.57 Å². The molecule has 1 N–H and O–H groups in total. The van der Waals surface area contributed by atoms with E-state index in [4.69, 9.17) is 4.74 Å². The van der Waals surface area contributed by atoms with E-state index in [1.54, 1.807) is 0 Å². The Labute approximate surface area is 92.8 Å². The average Bonchev–Trinajstić information content (AvgIpc) is 2.16. The summed E-state index contributed by atoms with van der Waals surface area (Å²) in [5, 5.41) is 3.12. The van der Waals surface area contributed by atoms with Crippen molar-refractivity contribution in [1.82, 2.24) is 0 Å². The van der Waals surface area contributed by atoms with Gasteiger partial charge in [0, 0.05) is 10.6 Å². The van der Waals surface area contributed by atoms with Gasteiger partial charge in [0.1, 0.15) is 5.75 Å².